The average Bonchev–Trinajstić information content (AvgIpc) is 3.39. The molecule has 34 heavy (non-hydrogen) atoms. The van der Waals surface area contributed by atoms with Gasteiger partial charge in [0.25, 0.3) is 5.91 Å². The lowest BCUT2D eigenvalue weighted by atomic mass is 10.0. The molecule has 0 aliphatic carbocycles. The summed E-state index contributed by atoms with van der Waals surface area (Å²) in [5.41, 5.74) is 0.914. The van der Waals surface area contributed by atoms with E-state index < -0.39 is 0 Å². The van der Waals surface area contributed by atoms with Gasteiger partial charge in [0.05, 0.1) is 6.04 Å². The van der Waals surface area contributed by atoms with Crippen LogP contribution >= 0.6 is 0 Å². The van der Waals surface area contributed by atoms with Gasteiger partial charge in [-0.25, -0.2) is 0 Å². The molecule has 1 amide bonds. The smallest absolute Gasteiger partial charge is 0.287 e. The molecule has 3 aromatic rings. The van der Waals surface area contributed by atoms with E-state index in [0.717, 1.165) is 43.1 Å². The number of hydrogen-bond donors (Lipinski definition) is 2. The summed E-state index contributed by atoms with van der Waals surface area (Å²) < 4.78 is 12.8. The quantitative estimate of drug-likeness (QED) is 0.497. The number of methoxy groups -OCH3 is 1. The normalized spacial score (nSPS) is 15.2. The Balaban J connectivity index is 1.48. The Bertz CT molecular complexity index is 1110. The van der Waals surface area contributed by atoms with E-state index in [1.807, 2.05) is 18.2 Å². The third kappa shape index (κ3) is 5.66. The number of aromatic hydroxyl groups is 1. The molecule has 1 atom stereocenters. The highest BCUT2D eigenvalue weighted by Crippen LogP contribution is 2.24. The van der Waals surface area contributed by atoms with E-state index in [1.165, 1.54) is 0 Å². The molecule has 9 heteroatoms. The maximum absolute atomic E-state index is 12.9. The first-order chi connectivity index (χ1) is 16.4. The minimum absolute atomic E-state index is 0.255. The van der Waals surface area contributed by atoms with Crippen molar-refractivity contribution in [2.24, 2.45) is 5.92 Å². The summed E-state index contributed by atoms with van der Waals surface area (Å²) >= 11 is 0. The first kappa shape index (κ1) is 24.0. The number of benzene rings is 1. The van der Waals surface area contributed by atoms with Gasteiger partial charge in [0.2, 0.25) is 0 Å². The van der Waals surface area contributed by atoms with Crippen LogP contribution in [0.25, 0.3) is 0 Å². The van der Waals surface area contributed by atoms with E-state index in [-0.39, 0.29) is 17.7 Å². The van der Waals surface area contributed by atoms with Crippen LogP contribution < -0.4 is 5.32 Å². The van der Waals surface area contributed by atoms with Crippen molar-refractivity contribution in [1.82, 2.24) is 25.0 Å². The number of carbonyl (C=O) groups excluding carboxylic acids is 1. The minimum atomic E-state index is -0.283. The van der Waals surface area contributed by atoms with Gasteiger partial charge in [0, 0.05) is 45.3 Å². The zero-order valence-electron chi connectivity index (χ0n) is 20.0. The van der Waals surface area contributed by atoms with Crippen LogP contribution in [0.3, 0.4) is 0 Å². The van der Waals surface area contributed by atoms with Gasteiger partial charge in [0.1, 0.15) is 23.9 Å². The van der Waals surface area contributed by atoms with Crippen molar-refractivity contribution < 1.29 is 19.1 Å². The molecule has 0 bridgehead atoms. The van der Waals surface area contributed by atoms with Crippen molar-refractivity contribution in [3.8, 4) is 5.75 Å². The number of amides is 1. The molecule has 182 valence electrons. The fraction of sp³-hybridized carbons (Fsp3) is 0.480. The molecular formula is C25H33N5O4. The molecule has 0 radical (unpaired) electrons. The number of rotatable bonds is 9. The number of hydrogen-bond acceptors (Lipinski definition) is 7. The second kappa shape index (κ2) is 10.8. The van der Waals surface area contributed by atoms with Crippen molar-refractivity contribution in [2.45, 2.75) is 52.4 Å². The van der Waals surface area contributed by atoms with E-state index in [9.17, 15) is 9.90 Å². The lowest BCUT2D eigenvalue weighted by Crippen LogP contribution is -2.32. The van der Waals surface area contributed by atoms with Crippen molar-refractivity contribution >= 4 is 5.91 Å². The maximum atomic E-state index is 12.9. The number of furan rings is 1. The molecule has 9 nitrogen and oxygen atoms in total. The maximum Gasteiger partial charge on any atom is 0.287 e. The van der Waals surface area contributed by atoms with Crippen LogP contribution in [-0.2, 0) is 30.9 Å². The number of nitrogens with zero attached hydrogens (tertiary/aromatic N) is 4. The molecule has 0 saturated heterocycles. The Hall–Kier alpha value is -3.17. The number of phenolic OH excluding ortho intramolecular Hbond substituents is 1. The van der Waals surface area contributed by atoms with Crippen LogP contribution in [0.5, 0.6) is 5.75 Å². The summed E-state index contributed by atoms with van der Waals surface area (Å²) in [6, 6.07) is 10.6. The molecule has 2 N–H and O–H groups in total. The zero-order valence-corrected chi connectivity index (χ0v) is 20.0. The number of para-hydroxylation sites is 1. The standard InChI is InChI=1S/C25H33N5O4/c1-17(2)14-20(26-25(32)22-9-8-19(34-22)16-33-3)24-28-27-23-10-11-29(12-13-30(23)24)15-18-6-4-5-7-21(18)31/h4-9,17,20,31H,10-16H2,1-3H3,(H,26,32)/t20-/m0/s1. The number of fused-ring (bicyclic) bond motifs is 1. The predicted molar refractivity (Wildman–Crippen MR) is 126 cm³/mol. The summed E-state index contributed by atoms with van der Waals surface area (Å²) in [6.45, 7) is 7.57. The van der Waals surface area contributed by atoms with E-state index in [0.29, 0.717) is 37.1 Å². The van der Waals surface area contributed by atoms with Crippen LogP contribution in [0, 0.1) is 5.92 Å². The van der Waals surface area contributed by atoms with Crippen LogP contribution in [0.2, 0.25) is 0 Å². The van der Waals surface area contributed by atoms with Gasteiger partial charge in [-0.05, 0) is 30.5 Å². The van der Waals surface area contributed by atoms with Gasteiger partial charge in [0.15, 0.2) is 11.6 Å². The largest absolute Gasteiger partial charge is 0.508 e. The van der Waals surface area contributed by atoms with Crippen LogP contribution in [0.15, 0.2) is 40.8 Å². The molecule has 1 aliphatic heterocycles. The van der Waals surface area contributed by atoms with Gasteiger partial charge in [-0.1, -0.05) is 32.0 Å². The van der Waals surface area contributed by atoms with Gasteiger partial charge >= 0.3 is 0 Å². The van der Waals surface area contributed by atoms with Crippen molar-refractivity contribution in [1.29, 1.82) is 0 Å². The molecule has 0 saturated carbocycles. The zero-order chi connectivity index (χ0) is 24.1. The molecule has 0 fully saturated rings. The second-order valence-electron chi connectivity index (χ2n) is 9.14. The van der Waals surface area contributed by atoms with Crippen LogP contribution in [0.1, 0.15) is 59.8 Å². The van der Waals surface area contributed by atoms with Crippen molar-refractivity contribution in [2.75, 3.05) is 20.2 Å². The fourth-order valence-corrected chi connectivity index (χ4v) is 4.34. The molecule has 4 rings (SSSR count). The van der Waals surface area contributed by atoms with Gasteiger partial charge in [-0.3, -0.25) is 9.69 Å². The van der Waals surface area contributed by atoms with Crippen molar-refractivity contribution in [3.05, 3.63) is 65.1 Å². The first-order valence-electron chi connectivity index (χ1n) is 11.7. The Labute approximate surface area is 199 Å². The number of nitrogens with one attached hydrogen (secondary N) is 1. The molecule has 0 spiro atoms. The Kier molecular flexibility index (Phi) is 7.64. The second-order valence-corrected chi connectivity index (χ2v) is 9.14. The highest BCUT2D eigenvalue weighted by atomic mass is 16.5. The van der Waals surface area contributed by atoms with Gasteiger partial charge < -0.3 is 24.1 Å². The molecule has 2 aromatic heterocycles. The minimum Gasteiger partial charge on any atom is -0.508 e. The molecule has 1 aromatic carbocycles. The van der Waals surface area contributed by atoms with Crippen molar-refractivity contribution in [3.63, 3.8) is 0 Å². The molecule has 0 unspecified atom stereocenters. The number of carbonyl (C=O) groups is 1. The molecule has 3 heterocycles. The topological polar surface area (TPSA) is 106 Å². The lowest BCUT2D eigenvalue weighted by Gasteiger charge is -2.22. The monoisotopic (exact) mass is 467 g/mol. The highest BCUT2D eigenvalue weighted by Gasteiger charge is 2.27. The van der Waals surface area contributed by atoms with E-state index in [2.05, 4.69) is 38.8 Å². The molecule has 1 aliphatic rings. The average molecular weight is 468 g/mol. The summed E-state index contributed by atoms with van der Waals surface area (Å²) in [4.78, 5) is 15.2. The summed E-state index contributed by atoms with van der Waals surface area (Å²) in [7, 11) is 1.58. The third-order valence-corrected chi connectivity index (χ3v) is 6.03. The number of ether oxygens (including phenoxy) is 1. The predicted octanol–water partition coefficient (Wildman–Crippen LogP) is 3.30. The Morgan fingerprint density at radius 1 is 1.18 bits per heavy atom. The SMILES string of the molecule is COCc1ccc(C(=O)N[C@@H](CC(C)C)c2nnc3n2CCN(Cc2ccccc2O)CC3)o1. The lowest BCUT2D eigenvalue weighted by molar-refractivity contribution is 0.0892. The Morgan fingerprint density at radius 3 is 2.76 bits per heavy atom. The van der Waals surface area contributed by atoms with E-state index in [1.54, 1.807) is 25.3 Å². The summed E-state index contributed by atoms with van der Waals surface area (Å²) in [5, 5.41) is 22.2. The summed E-state index contributed by atoms with van der Waals surface area (Å²) in [6.07, 6.45) is 1.48. The van der Waals surface area contributed by atoms with Gasteiger partial charge in [-0.15, -0.1) is 10.2 Å². The fourth-order valence-electron chi connectivity index (χ4n) is 4.34. The number of aromatic nitrogens is 3. The Morgan fingerprint density at radius 2 is 2.00 bits per heavy atom. The van der Waals surface area contributed by atoms with Crippen LogP contribution in [-0.4, -0.2) is 50.9 Å². The number of phenols is 1. The highest BCUT2D eigenvalue weighted by molar-refractivity contribution is 5.91. The van der Waals surface area contributed by atoms with E-state index >= 15 is 0 Å². The van der Waals surface area contributed by atoms with E-state index in [4.69, 9.17) is 9.15 Å². The summed E-state index contributed by atoms with van der Waals surface area (Å²) in [5.74, 6) is 2.93. The van der Waals surface area contributed by atoms with Gasteiger partial charge in [-0.2, -0.15) is 0 Å². The third-order valence-electron chi connectivity index (χ3n) is 6.03. The van der Waals surface area contributed by atoms with Crippen LogP contribution in [0.4, 0.5) is 0 Å². The molecular weight excluding hydrogens is 434 g/mol. The first-order valence-corrected chi connectivity index (χ1v) is 11.7.